The van der Waals surface area contributed by atoms with Crippen molar-refractivity contribution in [3.8, 4) is 0 Å². The Morgan fingerprint density at radius 1 is 1.14 bits per heavy atom. The van der Waals surface area contributed by atoms with Crippen molar-refractivity contribution >= 4 is 0 Å². The van der Waals surface area contributed by atoms with E-state index in [4.69, 9.17) is 15.9 Å². The van der Waals surface area contributed by atoms with Crippen molar-refractivity contribution in [2.45, 2.75) is 0 Å². The second kappa shape index (κ2) is 5.13. The molecule has 7 heteroatoms. The summed E-state index contributed by atoms with van der Waals surface area (Å²) in [5.74, 6) is 0. The molecule has 7 heavy (non-hydrogen) atoms. The van der Waals surface area contributed by atoms with Crippen LogP contribution in [0.4, 0.5) is 0 Å². The summed E-state index contributed by atoms with van der Waals surface area (Å²) >= 11 is -5.25. The van der Waals surface area contributed by atoms with Gasteiger partial charge in [-0.05, 0) is 0 Å². The van der Waals surface area contributed by atoms with Gasteiger partial charge in [-0.2, -0.15) is 0 Å². The normalized spacial score (nSPS) is 8.29. The van der Waals surface area contributed by atoms with Gasteiger partial charge in [0.15, 0.2) is 0 Å². The molecule has 0 aromatic carbocycles. The summed E-state index contributed by atoms with van der Waals surface area (Å²) in [6.45, 7) is 0. The molecule has 0 spiro atoms. The molecule has 0 radical (unpaired) electrons. The second-order valence-electron chi connectivity index (χ2n) is 0.448. The Hall–Kier alpha value is 0.982. The molecule has 0 bridgehead atoms. The van der Waals surface area contributed by atoms with Crippen molar-refractivity contribution < 1.29 is 63.8 Å². The van der Waals surface area contributed by atoms with Crippen molar-refractivity contribution in [1.29, 1.82) is 0 Å². The molecule has 40 valence electrons. The molecule has 0 saturated heterocycles. The fraction of sp³-hybridized carbons (Fsp3) is 0. The molecule has 0 unspecified atom stereocenters. The third-order valence-electron chi connectivity index (χ3n) is 0. The Balaban J connectivity index is -0.0000000800. The molecule has 0 fully saturated rings. The zero-order valence-corrected chi connectivity index (χ0v) is 6.77. The van der Waals surface area contributed by atoms with Crippen LogP contribution in [-0.4, -0.2) is 8.32 Å². The van der Waals surface area contributed by atoms with E-state index in [-0.39, 0.29) is 34.3 Å². The van der Waals surface area contributed by atoms with Gasteiger partial charge in [0.05, 0.1) is 0 Å². The van der Waals surface area contributed by atoms with Crippen LogP contribution in [0.15, 0.2) is 0 Å². The van der Waals surface area contributed by atoms with Gasteiger partial charge < -0.3 is 4.70 Å². The van der Waals surface area contributed by atoms with E-state index in [1.54, 1.807) is 0 Å². The van der Waals surface area contributed by atoms with E-state index in [0.717, 1.165) is 0 Å². The SMILES string of the molecule is [F-].[Na+].[O]=[Cr](=[O])([OH])[OH]. The molecule has 0 aliphatic rings. The Morgan fingerprint density at radius 3 is 1.14 bits per heavy atom. The predicted octanol–water partition coefficient (Wildman–Crippen LogP) is -7.35. The average Bonchev–Trinajstić information content (AvgIpc) is 0.722. The van der Waals surface area contributed by atoms with E-state index in [1.165, 1.54) is 0 Å². The van der Waals surface area contributed by atoms with Gasteiger partial charge >= 0.3 is 59.1 Å². The van der Waals surface area contributed by atoms with Crippen LogP contribution >= 0.6 is 0 Å². The van der Waals surface area contributed by atoms with Crippen LogP contribution in [-0.2, 0) is 21.2 Å². The van der Waals surface area contributed by atoms with Crippen molar-refractivity contribution in [1.82, 2.24) is 0 Å². The third kappa shape index (κ3) is 180. The van der Waals surface area contributed by atoms with Crippen molar-refractivity contribution in [2.75, 3.05) is 0 Å². The monoisotopic (exact) mass is 160 g/mol. The van der Waals surface area contributed by atoms with Gasteiger partial charge in [-0.3, -0.25) is 0 Å². The van der Waals surface area contributed by atoms with Crippen LogP contribution in [0.25, 0.3) is 0 Å². The Morgan fingerprint density at radius 2 is 1.14 bits per heavy atom. The summed E-state index contributed by atoms with van der Waals surface area (Å²) in [7, 11) is 0. The molecule has 0 aromatic rings. The van der Waals surface area contributed by atoms with Gasteiger partial charge in [-0.15, -0.1) is 0 Å². The molecule has 0 rings (SSSR count). The van der Waals surface area contributed by atoms with Crippen molar-refractivity contribution in [3.05, 3.63) is 0 Å². The van der Waals surface area contributed by atoms with Crippen LogP contribution < -0.4 is 34.3 Å². The summed E-state index contributed by atoms with van der Waals surface area (Å²) in [4.78, 5) is 0. The molecular weight excluding hydrogens is 158 g/mol. The van der Waals surface area contributed by atoms with Crippen molar-refractivity contribution in [3.63, 3.8) is 0 Å². The first-order valence-corrected chi connectivity index (χ1v) is 2.88. The van der Waals surface area contributed by atoms with Crippen LogP contribution in [0.2, 0.25) is 0 Å². The molecule has 4 nitrogen and oxygen atoms in total. The van der Waals surface area contributed by atoms with E-state index in [9.17, 15) is 0 Å². The molecule has 0 heterocycles. The summed E-state index contributed by atoms with van der Waals surface area (Å²) in [5.41, 5.74) is 0. The van der Waals surface area contributed by atoms with Gasteiger partial charge in [-0.25, -0.2) is 0 Å². The second-order valence-corrected chi connectivity index (χ2v) is 1.85. The Kier molecular flexibility index (Phi) is 11.5. The summed E-state index contributed by atoms with van der Waals surface area (Å²) < 4.78 is 31.9. The summed E-state index contributed by atoms with van der Waals surface area (Å²) in [6.07, 6.45) is 0. The van der Waals surface area contributed by atoms with Crippen LogP contribution in [0, 0.1) is 0 Å². The molecule has 0 aliphatic carbocycles. The molecule has 0 atom stereocenters. The van der Waals surface area contributed by atoms with Crippen molar-refractivity contribution in [2.24, 2.45) is 0 Å². The summed E-state index contributed by atoms with van der Waals surface area (Å²) in [6, 6.07) is 0. The first kappa shape index (κ1) is 15.7. The van der Waals surface area contributed by atoms with Gasteiger partial charge in [0.25, 0.3) is 0 Å². The van der Waals surface area contributed by atoms with E-state index in [1.807, 2.05) is 0 Å². The van der Waals surface area contributed by atoms with Crippen LogP contribution in [0.3, 0.4) is 0 Å². The standard InChI is InChI=1S/Cr.FH.Na.2H2O.2O/h;1H;;2*1H2;;/q+2;;+1;;;;/p-3. The van der Waals surface area contributed by atoms with E-state index in [2.05, 4.69) is 0 Å². The predicted molar refractivity (Wildman–Crippen MR) is 5.81 cm³/mol. The topological polar surface area (TPSA) is 74.6 Å². The fourth-order valence-corrected chi connectivity index (χ4v) is 0. The van der Waals surface area contributed by atoms with E-state index < -0.39 is 13.6 Å². The van der Waals surface area contributed by atoms with Gasteiger partial charge in [0.1, 0.15) is 0 Å². The Labute approximate surface area is 63.6 Å². The molecule has 0 aromatic heterocycles. The third-order valence-corrected chi connectivity index (χ3v) is 0. The van der Waals surface area contributed by atoms with Gasteiger partial charge in [-0.1, -0.05) is 0 Å². The quantitative estimate of drug-likeness (QED) is 0.345. The number of rotatable bonds is 0. The molecule has 0 aliphatic heterocycles. The molecular formula is H2CrFNaO4. The molecule has 2 N–H and O–H groups in total. The fourth-order valence-electron chi connectivity index (χ4n) is 0. The van der Waals surface area contributed by atoms with E-state index >= 15 is 0 Å². The minimum atomic E-state index is -5.25. The summed E-state index contributed by atoms with van der Waals surface area (Å²) in [5, 5.41) is 0. The maximum atomic E-state index is 8.82. The first-order chi connectivity index (χ1) is 2.00. The molecule has 0 saturated carbocycles. The first-order valence-electron chi connectivity index (χ1n) is 0.698. The van der Waals surface area contributed by atoms with Crippen LogP contribution in [0.1, 0.15) is 0 Å². The maximum absolute atomic E-state index is 8.82. The average molecular weight is 160 g/mol. The Bertz CT molecular complexity index is 94.9. The number of halogens is 1. The van der Waals surface area contributed by atoms with Gasteiger partial charge in [0, 0.05) is 0 Å². The number of hydrogen-bond donors (Lipinski definition) is 2. The van der Waals surface area contributed by atoms with Crippen LogP contribution in [0.5, 0.6) is 0 Å². The minimum absolute atomic E-state index is 0. The molecule has 0 amide bonds. The van der Waals surface area contributed by atoms with Gasteiger partial charge in [0.2, 0.25) is 0 Å². The van der Waals surface area contributed by atoms with E-state index in [0.29, 0.717) is 0 Å². The number of hydrogen-bond acceptors (Lipinski definition) is 2. The zero-order chi connectivity index (χ0) is 4.50. The zero-order valence-electron chi connectivity index (χ0n) is 3.50.